The molecule has 0 saturated heterocycles. The van der Waals surface area contributed by atoms with Crippen LogP contribution < -0.4 is 10.4 Å². The average Bonchev–Trinajstić information content (AvgIpc) is 2.89. The van der Waals surface area contributed by atoms with Gasteiger partial charge in [-0.2, -0.15) is 0 Å². The Hall–Kier alpha value is -2.83. The van der Waals surface area contributed by atoms with Crippen LogP contribution in [0.25, 0.3) is 10.9 Å². The molecule has 0 aliphatic rings. The lowest BCUT2D eigenvalue weighted by atomic mass is 10.0. The van der Waals surface area contributed by atoms with Gasteiger partial charge in [-0.1, -0.05) is 18.2 Å². The molecule has 0 saturated carbocycles. The van der Waals surface area contributed by atoms with Gasteiger partial charge in [0.1, 0.15) is 6.04 Å². The Morgan fingerprint density at radius 1 is 1.22 bits per heavy atom. The molecule has 0 aliphatic heterocycles. The summed E-state index contributed by atoms with van der Waals surface area (Å²) in [5.41, 5.74) is 1.69. The topological polar surface area (TPSA) is 122 Å². The molecule has 3 N–H and O–H groups in total. The number of hydrogen-bond donors (Lipinski definition) is 3. The third kappa shape index (κ3) is 4.57. The van der Waals surface area contributed by atoms with Crippen LogP contribution in [0.3, 0.4) is 0 Å². The molecule has 1 amide bonds. The molecule has 7 heteroatoms. The summed E-state index contributed by atoms with van der Waals surface area (Å²) in [6.07, 6.45) is 1.71. The largest absolute Gasteiger partial charge is 0.550 e. The second-order valence-corrected chi connectivity index (χ2v) is 5.25. The second-order valence-electron chi connectivity index (χ2n) is 5.25. The van der Waals surface area contributed by atoms with E-state index in [9.17, 15) is 24.6 Å². The fraction of sp³-hybridized carbons (Fsp3) is 0.312. The maximum atomic E-state index is 11.7. The maximum Gasteiger partial charge on any atom is 0.326 e. The maximum absolute atomic E-state index is 11.7. The van der Waals surface area contributed by atoms with Crippen molar-refractivity contribution < 1.29 is 24.6 Å². The predicted octanol–water partition coefficient (Wildman–Crippen LogP) is 0.200. The molecule has 0 radical (unpaired) electrons. The van der Waals surface area contributed by atoms with Gasteiger partial charge in [0, 0.05) is 35.9 Å². The highest BCUT2D eigenvalue weighted by Crippen LogP contribution is 2.19. The van der Waals surface area contributed by atoms with Crippen LogP contribution in [0.15, 0.2) is 30.5 Å². The van der Waals surface area contributed by atoms with Crippen LogP contribution >= 0.6 is 0 Å². The van der Waals surface area contributed by atoms with Crippen LogP contribution in [0.1, 0.15) is 24.8 Å². The quantitative estimate of drug-likeness (QED) is 0.642. The number of aromatic amines is 1. The highest BCUT2D eigenvalue weighted by Gasteiger charge is 2.21. The molecule has 7 nitrogen and oxygen atoms in total. The van der Waals surface area contributed by atoms with Crippen LogP contribution in [0.2, 0.25) is 0 Å². The number of carbonyl (C=O) groups is 3. The number of amides is 1. The molecule has 0 spiro atoms. The summed E-state index contributed by atoms with van der Waals surface area (Å²) in [6, 6.07) is 6.42. The molecule has 0 bridgehead atoms. The number of aromatic nitrogens is 1. The number of nitrogens with one attached hydrogen (secondary N) is 2. The SMILES string of the molecule is O=C([O-])CCCC(=O)N[C@@H](Cc1c[nH]c2ccccc12)C(=O)O. The van der Waals surface area contributed by atoms with Gasteiger partial charge in [0.15, 0.2) is 0 Å². The van der Waals surface area contributed by atoms with Crippen molar-refractivity contribution in [1.82, 2.24) is 10.3 Å². The second kappa shape index (κ2) is 7.44. The molecular weight excluding hydrogens is 300 g/mol. The van der Waals surface area contributed by atoms with E-state index in [1.807, 2.05) is 24.3 Å². The number of rotatable bonds is 8. The molecule has 1 aromatic heterocycles. The summed E-state index contributed by atoms with van der Waals surface area (Å²) in [5, 5.41) is 22.9. The van der Waals surface area contributed by atoms with Crippen molar-refractivity contribution in [3.05, 3.63) is 36.0 Å². The summed E-state index contributed by atoms with van der Waals surface area (Å²) in [4.78, 5) is 36.4. The molecular formula is C16H17N2O5-. The first-order valence-electron chi connectivity index (χ1n) is 7.24. The number of para-hydroxylation sites is 1. The normalized spacial score (nSPS) is 12.0. The van der Waals surface area contributed by atoms with Gasteiger partial charge in [0.2, 0.25) is 5.91 Å². The lowest BCUT2D eigenvalue weighted by Crippen LogP contribution is -2.42. The van der Waals surface area contributed by atoms with E-state index >= 15 is 0 Å². The van der Waals surface area contributed by atoms with E-state index in [1.165, 1.54) is 0 Å². The van der Waals surface area contributed by atoms with Gasteiger partial charge in [-0.05, 0) is 24.5 Å². The Kier molecular flexibility index (Phi) is 5.35. The summed E-state index contributed by atoms with van der Waals surface area (Å²) >= 11 is 0. The monoisotopic (exact) mass is 317 g/mol. The van der Waals surface area contributed by atoms with Crippen molar-refractivity contribution >= 4 is 28.7 Å². The fourth-order valence-electron chi connectivity index (χ4n) is 2.38. The molecule has 0 fully saturated rings. The van der Waals surface area contributed by atoms with Crippen molar-refractivity contribution in [3.63, 3.8) is 0 Å². The number of fused-ring (bicyclic) bond motifs is 1. The van der Waals surface area contributed by atoms with Crippen LogP contribution in [0, 0.1) is 0 Å². The van der Waals surface area contributed by atoms with Gasteiger partial charge in [-0.3, -0.25) is 4.79 Å². The van der Waals surface area contributed by atoms with Crippen LogP contribution in [0.4, 0.5) is 0 Å². The van der Waals surface area contributed by atoms with Crippen molar-refractivity contribution in [2.75, 3.05) is 0 Å². The van der Waals surface area contributed by atoms with Crippen LogP contribution in [-0.2, 0) is 20.8 Å². The zero-order valence-corrected chi connectivity index (χ0v) is 12.4. The first-order chi connectivity index (χ1) is 11.0. The van der Waals surface area contributed by atoms with Crippen molar-refractivity contribution in [1.29, 1.82) is 0 Å². The lowest BCUT2D eigenvalue weighted by Gasteiger charge is -2.14. The molecule has 23 heavy (non-hydrogen) atoms. The Bertz CT molecular complexity index is 722. The highest BCUT2D eigenvalue weighted by molar-refractivity contribution is 5.86. The van der Waals surface area contributed by atoms with Gasteiger partial charge >= 0.3 is 5.97 Å². The average molecular weight is 317 g/mol. The Morgan fingerprint density at radius 3 is 2.65 bits per heavy atom. The number of carboxylic acid groups (broad SMARTS) is 2. The minimum absolute atomic E-state index is 0.0500. The van der Waals surface area contributed by atoms with E-state index in [2.05, 4.69) is 10.3 Å². The van der Waals surface area contributed by atoms with Crippen LogP contribution in [-0.4, -0.2) is 34.0 Å². The molecule has 2 aromatic rings. The van der Waals surface area contributed by atoms with E-state index in [-0.39, 0.29) is 25.7 Å². The molecule has 0 aliphatic carbocycles. The van der Waals surface area contributed by atoms with E-state index in [4.69, 9.17) is 0 Å². The van der Waals surface area contributed by atoms with Crippen LogP contribution in [0.5, 0.6) is 0 Å². The number of benzene rings is 1. The number of carbonyl (C=O) groups excluding carboxylic acids is 2. The Morgan fingerprint density at radius 2 is 1.96 bits per heavy atom. The number of H-pyrrole nitrogens is 1. The first kappa shape index (κ1) is 16.5. The minimum Gasteiger partial charge on any atom is -0.550 e. The zero-order valence-electron chi connectivity index (χ0n) is 12.4. The third-order valence-corrected chi connectivity index (χ3v) is 3.52. The molecule has 1 heterocycles. The summed E-state index contributed by atoms with van der Waals surface area (Å²) in [7, 11) is 0. The standard InChI is InChI=1S/C16H18N2O5/c19-14(6-3-7-15(20)21)18-13(16(22)23)8-10-9-17-12-5-2-1-4-11(10)12/h1-2,4-5,9,13,17H,3,6-8H2,(H,18,19)(H,20,21)(H,22,23)/p-1/t13-/m0/s1. The fourth-order valence-corrected chi connectivity index (χ4v) is 2.38. The van der Waals surface area contributed by atoms with Gasteiger partial charge in [-0.25, -0.2) is 4.79 Å². The molecule has 0 unspecified atom stereocenters. The lowest BCUT2D eigenvalue weighted by molar-refractivity contribution is -0.305. The number of hydrogen-bond acceptors (Lipinski definition) is 4. The van der Waals surface area contributed by atoms with Gasteiger partial charge < -0.3 is 25.3 Å². The summed E-state index contributed by atoms with van der Waals surface area (Å²) < 4.78 is 0. The van der Waals surface area contributed by atoms with Crippen molar-refractivity contribution in [2.45, 2.75) is 31.7 Å². The molecule has 2 rings (SSSR count). The van der Waals surface area contributed by atoms with E-state index in [0.717, 1.165) is 16.5 Å². The molecule has 122 valence electrons. The van der Waals surface area contributed by atoms with Gasteiger partial charge in [0.25, 0.3) is 0 Å². The highest BCUT2D eigenvalue weighted by atomic mass is 16.4. The third-order valence-electron chi connectivity index (χ3n) is 3.52. The van der Waals surface area contributed by atoms with E-state index in [0.29, 0.717) is 0 Å². The van der Waals surface area contributed by atoms with Gasteiger partial charge in [0.05, 0.1) is 0 Å². The van der Waals surface area contributed by atoms with E-state index < -0.39 is 23.9 Å². The Balaban J connectivity index is 2.00. The summed E-state index contributed by atoms with van der Waals surface area (Å²) in [5.74, 6) is -2.85. The number of aliphatic carboxylic acids is 2. The number of carboxylic acids is 2. The first-order valence-corrected chi connectivity index (χ1v) is 7.24. The summed E-state index contributed by atoms with van der Waals surface area (Å²) in [6.45, 7) is 0. The van der Waals surface area contributed by atoms with Crippen molar-refractivity contribution in [2.24, 2.45) is 0 Å². The van der Waals surface area contributed by atoms with Gasteiger partial charge in [-0.15, -0.1) is 0 Å². The Labute approximate surface area is 132 Å². The van der Waals surface area contributed by atoms with E-state index in [1.54, 1.807) is 6.20 Å². The molecule has 1 atom stereocenters. The molecule has 1 aromatic carbocycles. The smallest absolute Gasteiger partial charge is 0.326 e. The van der Waals surface area contributed by atoms with Crippen molar-refractivity contribution in [3.8, 4) is 0 Å². The predicted molar refractivity (Wildman–Crippen MR) is 80.4 cm³/mol. The minimum atomic E-state index is -1.23. The zero-order chi connectivity index (χ0) is 16.8.